The van der Waals surface area contributed by atoms with Crippen LogP contribution in [0.5, 0.6) is 0 Å². The van der Waals surface area contributed by atoms with E-state index >= 15 is 0 Å². The first-order chi connectivity index (χ1) is 6.65. The van der Waals surface area contributed by atoms with Crippen molar-refractivity contribution >= 4 is 11.6 Å². The molecule has 1 atom stereocenters. The predicted octanol–water partition coefficient (Wildman–Crippen LogP) is 2.68. The van der Waals surface area contributed by atoms with E-state index in [9.17, 15) is 0 Å². The Balaban J connectivity index is 2.41. The van der Waals surface area contributed by atoms with Gasteiger partial charge in [-0.05, 0) is 24.9 Å². The molecule has 1 unspecified atom stereocenters. The third kappa shape index (κ3) is 1.51. The maximum atomic E-state index is 5.77. The average molecular weight is 213 g/mol. The average Bonchev–Trinajstić information content (AvgIpc) is 2.45. The summed E-state index contributed by atoms with van der Waals surface area (Å²) >= 11 is 5.77. The molecule has 0 fully saturated rings. The zero-order chi connectivity index (χ0) is 10.2. The first-order valence-electron chi connectivity index (χ1n) is 4.81. The minimum atomic E-state index is -0.267. The fraction of sp³-hybridized carbons (Fsp3) is 0.600. The van der Waals surface area contributed by atoms with Crippen molar-refractivity contribution in [1.29, 1.82) is 0 Å². The summed E-state index contributed by atoms with van der Waals surface area (Å²) in [5.41, 5.74) is 1.75. The Morgan fingerprint density at radius 3 is 3.14 bits per heavy atom. The van der Waals surface area contributed by atoms with Gasteiger partial charge in [-0.15, -0.1) is 0 Å². The van der Waals surface area contributed by atoms with Crippen LogP contribution in [0.15, 0.2) is 6.20 Å². The van der Waals surface area contributed by atoms with Crippen molar-refractivity contribution in [2.75, 3.05) is 0 Å². The molecular formula is C10H13ClN2O. The monoisotopic (exact) mass is 212 g/mol. The van der Waals surface area contributed by atoms with Crippen LogP contribution in [0, 0.1) is 0 Å². The van der Waals surface area contributed by atoms with Crippen LogP contribution in [0.4, 0.5) is 0 Å². The predicted molar refractivity (Wildman–Crippen MR) is 54.1 cm³/mol. The number of aromatic nitrogens is 2. The van der Waals surface area contributed by atoms with Crippen LogP contribution in [0.1, 0.15) is 37.9 Å². The minimum Gasteiger partial charge on any atom is -0.364 e. The summed E-state index contributed by atoms with van der Waals surface area (Å²) in [6, 6.07) is 0. The van der Waals surface area contributed by atoms with E-state index in [4.69, 9.17) is 16.3 Å². The van der Waals surface area contributed by atoms with Gasteiger partial charge in [0.1, 0.15) is 5.60 Å². The topological polar surface area (TPSA) is 35.0 Å². The maximum Gasteiger partial charge on any atom is 0.222 e. The highest BCUT2D eigenvalue weighted by atomic mass is 35.5. The molecule has 0 bridgehead atoms. The summed E-state index contributed by atoms with van der Waals surface area (Å²) < 4.78 is 5.75. The Morgan fingerprint density at radius 2 is 2.43 bits per heavy atom. The second-order valence-corrected chi connectivity index (χ2v) is 4.12. The molecule has 0 spiro atoms. The Labute approximate surface area is 88.5 Å². The van der Waals surface area contributed by atoms with Crippen molar-refractivity contribution in [3.8, 4) is 0 Å². The van der Waals surface area contributed by atoms with Gasteiger partial charge in [-0.2, -0.15) is 0 Å². The van der Waals surface area contributed by atoms with E-state index < -0.39 is 0 Å². The molecule has 0 aliphatic carbocycles. The Bertz CT molecular complexity index is 352. The van der Waals surface area contributed by atoms with E-state index in [1.807, 2.05) is 0 Å². The van der Waals surface area contributed by atoms with Crippen molar-refractivity contribution in [2.45, 2.75) is 38.9 Å². The highest BCUT2D eigenvalue weighted by Gasteiger charge is 2.36. The van der Waals surface area contributed by atoms with Gasteiger partial charge in [-0.25, -0.2) is 9.97 Å². The van der Waals surface area contributed by atoms with Crippen molar-refractivity contribution in [3.05, 3.63) is 22.7 Å². The number of hydrogen-bond acceptors (Lipinski definition) is 3. The molecule has 1 aliphatic heterocycles. The van der Waals surface area contributed by atoms with E-state index in [0.717, 1.165) is 24.1 Å². The van der Waals surface area contributed by atoms with Gasteiger partial charge in [0.25, 0.3) is 0 Å². The van der Waals surface area contributed by atoms with E-state index in [1.54, 1.807) is 6.20 Å². The van der Waals surface area contributed by atoms with Crippen LogP contribution < -0.4 is 0 Å². The first kappa shape index (κ1) is 9.87. The van der Waals surface area contributed by atoms with Crippen LogP contribution in [0.25, 0.3) is 0 Å². The standard InChI is InChI=1S/C10H13ClN2O/c1-3-4-10(2)8-7(6-14-10)5-12-9(11)13-8/h5H,3-4,6H2,1-2H3. The molecular weight excluding hydrogens is 200 g/mol. The van der Waals surface area contributed by atoms with Crippen LogP contribution in [0.2, 0.25) is 5.28 Å². The summed E-state index contributed by atoms with van der Waals surface area (Å²) in [6.07, 6.45) is 3.79. The van der Waals surface area contributed by atoms with Crippen molar-refractivity contribution in [2.24, 2.45) is 0 Å². The molecule has 0 radical (unpaired) electrons. The molecule has 76 valence electrons. The molecule has 4 heteroatoms. The van der Waals surface area contributed by atoms with Gasteiger partial charge in [0, 0.05) is 11.8 Å². The number of hydrogen-bond donors (Lipinski definition) is 0. The number of fused-ring (bicyclic) bond motifs is 1. The number of ether oxygens (including phenoxy) is 1. The molecule has 0 saturated heterocycles. The van der Waals surface area contributed by atoms with Gasteiger partial charge in [-0.3, -0.25) is 0 Å². The summed E-state index contributed by atoms with van der Waals surface area (Å²) in [5.74, 6) is 0. The summed E-state index contributed by atoms with van der Waals surface area (Å²) in [4.78, 5) is 8.21. The van der Waals surface area contributed by atoms with Crippen LogP contribution in [0.3, 0.4) is 0 Å². The Kier molecular flexibility index (Phi) is 2.45. The highest BCUT2D eigenvalue weighted by molar-refractivity contribution is 6.28. The maximum absolute atomic E-state index is 5.77. The molecule has 2 rings (SSSR count). The Morgan fingerprint density at radius 1 is 1.64 bits per heavy atom. The second kappa shape index (κ2) is 3.48. The van der Waals surface area contributed by atoms with Crippen LogP contribution >= 0.6 is 11.6 Å². The first-order valence-corrected chi connectivity index (χ1v) is 5.19. The molecule has 0 amide bonds. The molecule has 1 aromatic heterocycles. The summed E-state index contributed by atoms with van der Waals surface area (Å²) in [6.45, 7) is 4.80. The van der Waals surface area contributed by atoms with Gasteiger partial charge in [-0.1, -0.05) is 13.3 Å². The third-order valence-electron chi connectivity index (χ3n) is 2.61. The van der Waals surface area contributed by atoms with Crippen molar-refractivity contribution in [3.63, 3.8) is 0 Å². The summed E-state index contributed by atoms with van der Waals surface area (Å²) in [5, 5.41) is 0.302. The zero-order valence-electron chi connectivity index (χ0n) is 8.38. The number of halogens is 1. The van der Waals surface area contributed by atoms with Gasteiger partial charge < -0.3 is 4.74 Å². The van der Waals surface area contributed by atoms with Gasteiger partial charge in [0.15, 0.2) is 0 Å². The van der Waals surface area contributed by atoms with Crippen LogP contribution in [-0.4, -0.2) is 9.97 Å². The second-order valence-electron chi connectivity index (χ2n) is 3.78. The van der Waals surface area contributed by atoms with Crippen molar-refractivity contribution < 1.29 is 4.74 Å². The fourth-order valence-corrected chi connectivity index (χ4v) is 2.06. The molecule has 0 N–H and O–H groups in total. The normalized spacial score (nSPS) is 25.1. The lowest BCUT2D eigenvalue weighted by Crippen LogP contribution is -2.21. The smallest absolute Gasteiger partial charge is 0.222 e. The SMILES string of the molecule is CCCC1(C)OCc2cnc(Cl)nc21. The quantitative estimate of drug-likeness (QED) is 0.707. The largest absolute Gasteiger partial charge is 0.364 e. The Hall–Kier alpha value is -0.670. The molecule has 0 saturated carbocycles. The fourth-order valence-electron chi connectivity index (χ4n) is 1.92. The van der Waals surface area contributed by atoms with Gasteiger partial charge >= 0.3 is 0 Å². The minimum absolute atomic E-state index is 0.267. The van der Waals surface area contributed by atoms with E-state index in [0.29, 0.717) is 11.9 Å². The highest BCUT2D eigenvalue weighted by Crippen LogP contribution is 2.38. The van der Waals surface area contributed by atoms with Crippen LogP contribution in [-0.2, 0) is 16.9 Å². The summed E-state index contributed by atoms with van der Waals surface area (Å²) in [7, 11) is 0. The van der Waals surface area contributed by atoms with Gasteiger partial charge in [0.05, 0.1) is 12.3 Å². The lowest BCUT2D eigenvalue weighted by molar-refractivity contribution is -0.0322. The van der Waals surface area contributed by atoms with E-state index in [2.05, 4.69) is 23.8 Å². The zero-order valence-corrected chi connectivity index (χ0v) is 9.14. The van der Waals surface area contributed by atoms with E-state index in [-0.39, 0.29) is 5.60 Å². The lowest BCUT2D eigenvalue weighted by Gasteiger charge is -2.22. The molecule has 14 heavy (non-hydrogen) atoms. The lowest BCUT2D eigenvalue weighted by atomic mass is 9.96. The van der Waals surface area contributed by atoms with Gasteiger partial charge in [0.2, 0.25) is 5.28 Å². The molecule has 1 aliphatic rings. The third-order valence-corrected chi connectivity index (χ3v) is 2.79. The molecule has 2 heterocycles. The molecule has 1 aromatic rings. The number of rotatable bonds is 2. The van der Waals surface area contributed by atoms with Crippen molar-refractivity contribution in [1.82, 2.24) is 9.97 Å². The number of nitrogens with zero attached hydrogens (tertiary/aromatic N) is 2. The molecule has 3 nitrogen and oxygen atoms in total. The van der Waals surface area contributed by atoms with E-state index in [1.165, 1.54) is 0 Å². The molecule has 0 aromatic carbocycles.